The standard InChI is InChI=1S/C7H12S5/c8-3-5(4-9)6(10)7-11-1-2-12-7/h1-2,5-10H,3-4H2. The summed E-state index contributed by atoms with van der Waals surface area (Å²) in [7, 11) is 0. The first-order chi connectivity index (χ1) is 5.79. The smallest absolute Gasteiger partial charge is 0.0704 e. The van der Waals surface area contributed by atoms with Gasteiger partial charge in [-0.2, -0.15) is 37.9 Å². The van der Waals surface area contributed by atoms with Crippen LogP contribution < -0.4 is 0 Å². The van der Waals surface area contributed by atoms with Crippen LogP contribution in [0, 0.1) is 5.92 Å². The Morgan fingerprint density at radius 3 is 2.08 bits per heavy atom. The Morgan fingerprint density at radius 1 is 1.17 bits per heavy atom. The first-order valence-corrected chi connectivity index (χ1v) is 7.32. The second kappa shape index (κ2) is 6.06. The molecule has 0 N–H and O–H groups in total. The van der Waals surface area contributed by atoms with Gasteiger partial charge in [-0.3, -0.25) is 0 Å². The van der Waals surface area contributed by atoms with Crippen molar-refractivity contribution in [2.45, 2.75) is 9.83 Å². The van der Waals surface area contributed by atoms with Crippen molar-refractivity contribution >= 4 is 61.4 Å². The summed E-state index contributed by atoms with van der Waals surface area (Å²) in [5.41, 5.74) is 0. The fourth-order valence-electron chi connectivity index (χ4n) is 0.908. The molecule has 0 aromatic heterocycles. The van der Waals surface area contributed by atoms with Crippen LogP contribution in [0.1, 0.15) is 0 Å². The summed E-state index contributed by atoms with van der Waals surface area (Å²) in [5, 5.41) is 4.66. The van der Waals surface area contributed by atoms with Crippen molar-refractivity contribution in [1.82, 2.24) is 0 Å². The van der Waals surface area contributed by atoms with Gasteiger partial charge in [-0.1, -0.05) is 0 Å². The summed E-state index contributed by atoms with van der Waals surface area (Å²) in [5.74, 6) is 2.25. The van der Waals surface area contributed by atoms with E-state index in [0.29, 0.717) is 15.7 Å². The Morgan fingerprint density at radius 2 is 1.67 bits per heavy atom. The molecule has 5 heteroatoms. The molecule has 1 aliphatic heterocycles. The highest BCUT2D eigenvalue weighted by Crippen LogP contribution is 2.40. The minimum atomic E-state index is 0.394. The second-order valence-corrected chi connectivity index (χ2v) is 6.26. The highest BCUT2D eigenvalue weighted by atomic mass is 32.2. The van der Waals surface area contributed by atoms with Gasteiger partial charge in [0.15, 0.2) is 0 Å². The number of hydrogen-bond acceptors (Lipinski definition) is 5. The highest BCUT2D eigenvalue weighted by molar-refractivity contribution is 8.23. The maximum atomic E-state index is 4.60. The van der Waals surface area contributed by atoms with Gasteiger partial charge in [-0.05, 0) is 28.2 Å². The Kier molecular flexibility index (Phi) is 5.84. The average molecular weight is 257 g/mol. The summed E-state index contributed by atoms with van der Waals surface area (Å²) in [6.07, 6.45) is 0. The third kappa shape index (κ3) is 3.01. The number of hydrogen-bond donors (Lipinski definition) is 3. The zero-order valence-electron chi connectivity index (χ0n) is 6.46. The predicted molar refractivity (Wildman–Crippen MR) is 72.1 cm³/mol. The van der Waals surface area contributed by atoms with Gasteiger partial charge in [-0.15, -0.1) is 23.5 Å². The molecule has 0 aromatic rings. The zero-order valence-corrected chi connectivity index (χ0v) is 10.8. The number of rotatable bonds is 4. The molecule has 1 unspecified atom stereocenters. The molecule has 1 atom stereocenters. The van der Waals surface area contributed by atoms with E-state index in [1.165, 1.54) is 0 Å². The Labute approximate surface area is 98.9 Å². The number of thioether (sulfide) groups is 2. The maximum Gasteiger partial charge on any atom is 0.0704 e. The predicted octanol–water partition coefficient (Wildman–Crippen LogP) is 3.04. The molecule has 0 bridgehead atoms. The lowest BCUT2D eigenvalue weighted by Gasteiger charge is -2.23. The highest BCUT2D eigenvalue weighted by Gasteiger charge is 2.26. The van der Waals surface area contributed by atoms with Crippen LogP contribution in [-0.2, 0) is 0 Å². The summed E-state index contributed by atoms with van der Waals surface area (Å²) in [6.45, 7) is 0. The Bertz CT molecular complexity index is 144. The Balaban J connectivity index is 2.39. The van der Waals surface area contributed by atoms with E-state index in [1.54, 1.807) is 0 Å². The van der Waals surface area contributed by atoms with Crippen molar-refractivity contribution in [3.05, 3.63) is 10.8 Å². The van der Waals surface area contributed by atoms with Gasteiger partial charge in [0.1, 0.15) is 0 Å². The van der Waals surface area contributed by atoms with Crippen molar-refractivity contribution in [2.24, 2.45) is 5.92 Å². The SMILES string of the molecule is SCC(CS)C(S)C1SC=CS1. The van der Waals surface area contributed by atoms with Crippen LogP contribution in [0.25, 0.3) is 0 Å². The zero-order chi connectivity index (χ0) is 8.97. The summed E-state index contributed by atoms with van der Waals surface area (Å²) >= 11 is 16.9. The summed E-state index contributed by atoms with van der Waals surface area (Å²) in [6, 6.07) is 0. The molecule has 0 amide bonds. The van der Waals surface area contributed by atoms with E-state index < -0.39 is 0 Å². The molecule has 70 valence electrons. The van der Waals surface area contributed by atoms with Gasteiger partial charge < -0.3 is 0 Å². The van der Waals surface area contributed by atoms with Crippen molar-refractivity contribution in [3.63, 3.8) is 0 Å². The van der Waals surface area contributed by atoms with E-state index in [1.807, 2.05) is 23.5 Å². The minimum Gasteiger partial charge on any atom is -0.179 e. The largest absolute Gasteiger partial charge is 0.179 e. The van der Waals surface area contributed by atoms with Crippen molar-refractivity contribution < 1.29 is 0 Å². The topological polar surface area (TPSA) is 0 Å². The van der Waals surface area contributed by atoms with E-state index in [0.717, 1.165) is 11.5 Å². The summed E-state index contributed by atoms with van der Waals surface area (Å²) < 4.78 is 0.553. The Hall–Kier alpha value is 1.49. The van der Waals surface area contributed by atoms with Crippen LogP contribution in [-0.4, -0.2) is 21.3 Å². The van der Waals surface area contributed by atoms with Crippen LogP contribution in [0.5, 0.6) is 0 Å². The van der Waals surface area contributed by atoms with Gasteiger partial charge in [0.2, 0.25) is 0 Å². The van der Waals surface area contributed by atoms with Gasteiger partial charge in [-0.25, -0.2) is 0 Å². The molecule has 0 spiro atoms. The lowest BCUT2D eigenvalue weighted by molar-refractivity contribution is 0.666. The molecular formula is C7H12S5. The molecule has 0 aliphatic carbocycles. The molecule has 1 rings (SSSR count). The van der Waals surface area contributed by atoms with Crippen molar-refractivity contribution in [2.75, 3.05) is 11.5 Å². The van der Waals surface area contributed by atoms with Crippen LogP contribution in [0.4, 0.5) is 0 Å². The first kappa shape index (κ1) is 11.6. The molecule has 1 aliphatic rings. The third-order valence-electron chi connectivity index (χ3n) is 1.71. The molecule has 12 heavy (non-hydrogen) atoms. The van der Waals surface area contributed by atoms with Crippen molar-refractivity contribution in [1.29, 1.82) is 0 Å². The van der Waals surface area contributed by atoms with E-state index in [4.69, 9.17) is 0 Å². The van der Waals surface area contributed by atoms with E-state index >= 15 is 0 Å². The molecule has 0 nitrogen and oxygen atoms in total. The quantitative estimate of drug-likeness (QED) is 0.662. The summed E-state index contributed by atoms with van der Waals surface area (Å²) in [4.78, 5) is 0. The molecule has 0 saturated heterocycles. The van der Waals surface area contributed by atoms with E-state index in [2.05, 4.69) is 48.7 Å². The van der Waals surface area contributed by atoms with Gasteiger partial charge in [0.05, 0.1) is 4.58 Å². The van der Waals surface area contributed by atoms with Gasteiger partial charge >= 0.3 is 0 Å². The molecule has 0 fully saturated rings. The normalized spacial score (nSPS) is 20.7. The molecule has 1 heterocycles. The lowest BCUT2D eigenvalue weighted by atomic mass is 10.1. The lowest BCUT2D eigenvalue weighted by Crippen LogP contribution is -2.25. The second-order valence-electron chi connectivity index (χ2n) is 2.53. The monoisotopic (exact) mass is 256 g/mol. The molecule has 0 saturated carbocycles. The van der Waals surface area contributed by atoms with Crippen LogP contribution in [0.3, 0.4) is 0 Å². The van der Waals surface area contributed by atoms with Crippen molar-refractivity contribution in [3.8, 4) is 0 Å². The molecule has 0 radical (unpaired) electrons. The average Bonchev–Trinajstić information content (AvgIpc) is 2.58. The molecular weight excluding hydrogens is 244 g/mol. The first-order valence-electron chi connectivity index (χ1n) is 3.65. The third-order valence-corrected chi connectivity index (χ3v) is 6.32. The fourth-order valence-corrected chi connectivity index (χ4v) is 5.02. The van der Waals surface area contributed by atoms with Gasteiger partial charge in [0.25, 0.3) is 0 Å². The maximum absolute atomic E-state index is 4.60. The van der Waals surface area contributed by atoms with E-state index in [9.17, 15) is 0 Å². The fraction of sp³-hybridized carbons (Fsp3) is 0.714. The van der Waals surface area contributed by atoms with Gasteiger partial charge in [0, 0.05) is 5.25 Å². The van der Waals surface area contributed by atoms with Crippen LogP contribution in [0.15, 0.2) is 10.8 Å². The van der Waals surface area contributed by atoms with Crippen LogP contribution in [0.2, 0.25) is 0 Å². The number of thiol groups is 3. The molecule has 0 aromatic carbocycles. The van der Waals surface area contributed by atoms with E-state index in [-0.39, 0.29) is 0 Å². The minimum absolute atomic E-state index is 0.394. The van der Waals surface area contributed by atoms with Crippen LogP contribution >= 0.6 is 61.4 Å².